The molecule has 0 spiro atoms. The van der Waals surface area contributed by atoms with Crippen LogP contribution in [-0.4, -0.2) is 31.3 Å². The van der Waals surface area contributed by atoms with Gasteiger partial charge in [-0.05, 0) is 60.6 Å². The van der Waals surface area contributed by atoms with Gasteiger partial charge in [-0.1, -0.05) is 42.5 Å². The summed E-state index contributed by atoms with van der Waals surface area (Å²) in [5.74, 6) is 0. The van der Waals surface area contributed by atoms with Crippen LogP contribution in [-0.2, 0) is 17.6 Å². The molecular formula is C27H27ClN2OS. The van der Waals surface area contributed by atoms with Gasteiger partial charge in [0.2, 0.25) is 0 Å². The summed E-state index contributed by atoms with van der Waals surface area (Å²) in [5, 5.41) is 1.39. The number of fused-ring (bicyclic) bond motifs is 3. The average Bonchev–Trinajstić information content (AvgIpc) is 3.23. The number of benzene rings is 2. The van der Waals surface area contributed by atoms with Crippen molar-refractivity contribution in [1.29, 1.82) is 0 Å². The van der Waals surface area contributed by atoms with E-state index in [1.165, 1.54) is 58.3 Å². The van der Waals surface area contributed by atoms with Crippen LogP contribution >= 0.6 is 23.7 Å². The molecule has 1 aliphatic heterocycles. The van der Waals surface area contributed by atoms with Gasteiger partial charge in [-0.15, -0.1) is 23.7 Å². The molecular weight excluding hydrogens is 436 g/mol. The van der Waals surface area contributed by atoms with E-state index in [1.807, 2.05) is 11.3 Å². The first-order valence-electron chi connectivity index (χ1n) is 11.3. The molecule has 1 fully saturated rings. The lowest BCUT2D eigenvalue weighted by Gasteiger charge is -2.28. The van der Waals surface area contributed by atoms with Crippen molar-refractivity contribution in [1.82, 2.24) is 4.98 Å². The van der Waals surface area contributed by atoms with Gasteiger partial charge in [0, 0.05) is 34.6 Å². The third-order valence-corrected chi connectivity index (χ3v) is 7.73. The number of rotatable bonds is 3. The first kappa shape index (κ1) is 21.4. The summed E-state index contributed by atoms with van der Waals surface area (Å²) >= 11 is 1.91. The Kier molecular flexibility index (Phi) is 6.18. The Morgan fingerprint density at radius 3 is 2.38 bits per heavy atom. The SMILES string of the molecule is Cl.c1ccc(-c2cc(-c3ccc(N4CCOCC4)cc3)nc3sc4c(c23)CCCC4)cc1. The summed E-state index contributed by atoms with van der Waals surface area (Å²) in [6.45, 7) is 3.54. The maximum absolute atomic E-state index is 5.49. The number of halogens is 1. The van der Waals surface area contributed by atoms with Gasteiger partial charge in [-0.3, -0.25) is 0 Å². The molecule has 1 aliphatic carbocycles. The van der Waals surface area contributed by atoms with E-state index >= 15 is 0 Å². The average molecular weight is 463 g/mol. The molecule has 0 unspecified atom stereocenters. The number of nitrogens with zero attached hydrogens (tertiary/aromatic N) is 2. The lowest BCUT2D eigenvalue weighted by Crippen LogP contribution is -2.36. The molecule has 1 saturated heterocycles. The summed E-state index contributed by atoms with van der Waals surface area (Å²) in [6.07, 6.45) is 4.98. The Labute approximate surface area is 199 Å². The van der Waals surface area contributed by atoms with Crippen LogP contribution in [0.15, 0.2) is 60.7 Å². The summed E-state index contributed by atoms with van der Waals surface area (Å²) < 4.78 is 5.49. The number of ether oxygens (including phenoxy) is 1. The molecule has 164 valence electrons. The van der Waals surface area contributed by atoms with Crippen molar-refractivity contribution in [2.45, 2.75) is 25.7 Å². The highest BCUT2D eigenvalue weighted by molar-refractivity contribution is 7.19. The predicted octanol–water partition coefficient (Wildman–Crippen LogP) is 6.77. The number of aromatic nitrogens is 1. The molecule has 3 heterocycles. The molecule has 0 saturated carbocycles. The second-order valence-electron chi connectivity index (χ2n) is 8.46. The van der Waals surface area contributed by atoms with Gasteiger partial charge in [0.05, 0.1) is 18.9 Å². The third kappa shape index (κ3) is 3.92. The summed E-state index contributed by atoms with van der Waals surface area (Å²) in [6, 6.07) is 22.0. The number of hydrogen-bond donors (Lipinski definition) is 0. The minimum absolute atomic E-state index is 0. The molecule has 6 rings (SSSR count). The van der Waals surface area contributed by atoms with E-state index in [0.717, 1.165) is 32.0 Å². The van der Waals surface area contributed by atoms with Crippen LogP contribution in [0.3, 0.4) is 0 Å². The van der Waals surface area contributed by atoms with Crippen LogP contribution in [0.2, 0.25) is 0 Å². The van der Waals surface area contributed by atoms with Gasteiger partial charge < -0.3 is 9.64 Å². The van der Waals surface area contributed by atoms with Crippen molar-refractivity contribution in [2.24, 2.45) is 0 Å². The summed E-state index contributed by atoms with van der Waals surface area (Å²) in [4.78, 5) is 10.3. The lowest BCUT2D eigenvalue weighted by molar-refractivity contribution is 0.122. The Hall–Kier alpha value is -2.40. The van der Waals surface area contributed by atoms with E-state index in [2.05, 4.69) is 65.6 Å². The second-order valence-corrected chi connectivity index (χ2v) is 9.54. The number of aryl methyl sites for hydroxylation is 2. The zero-order chi connectivity index (χ0) is 20.6. The monoisotopic (exact) mass is 462 g/mol. The van der Waals surface area contributed by atoms with Crippen molar-refractivity contribution in [3.63, 3.8) is 0 Å². The molecule has 0 atom stereocenters. The van der Waals surface area contributed by atoms with Crippen LogP contribution in [0.1, 0.15) is 23.3 Å². The highest BCUT2D eigenvalue weighted by Gasteiger charge is 2.21. The first-order chi connectivity index (χ1) is 15.4. The Morgan fingerprint density at radius 2 is 1.59 bits per heavy atom. The van der Waals surface area contributed by atoms with Crippen LogP contribution in [0, 0.1) is 0 Å². The van der Waals surface area contributed by atoms with Crippen LogP contribution in [0.5, 0.6) is 0 Å². The molecule has 0 bridgehead atoms. The van der Waals surface area contributed by atoms with Crippen molar-refractivity contribution in [3.05, 3.63) is 71.1 Å². The van der Waals surface area contributed by atoms with Gasteiger partial charge in [-0.25, -0.2) is 4.98 Å². The number of pyridine rings is 1. The fraction of sp³-hybridized carbons (Fsp3) is 0.296. The summed E-state index contributed by atoms with van der Waals surface area (Å²) in [7, 11) is 0. The fourth-order valence-electron chi connectivity index (χ4n) is 4.92. The zero-order valence-electron chi connectivity index (χ0n) is 18.0. The largest absolute Gasteiger partial charge is 0.378 e. The lowest BCUT2D eigenvalue weighted by atomic mass is 9.92. The maximum Gasteiger partial charge on any atom is 0.125 e. The predicted molar refractivity (Wildman–Crippen MR) is 137 cm³/mol. The minimum atomic E-state index is 0. The Morgan fingerprint density at radius 1 is 0.844 bits per heavy atom. The maximum atomic E-state index is 5.49. The Bertz CT molecular complexity index is 1210. The number of morpholine rings is 1. The van der Waals surface area contributed by atoms with E-state index in [-0.39, 0.29) is 12.4 Å². The van der Waals surface area contributed by atoms with Gasteiger partial charge in [0.15, 0.2) is 0 Å². The second kappa shape index (κ2) is 9.22. The normalized spacial score (nSPS) is 15.9. The first-order valence-corrected chi connectivity index (χ1v) is 12.1. The van der Waals surface area contributed by atoms with Crippen LogP contribution < -0.4 is 4.90 Å². The van der Waals surface area contributed by atoms with Crippen molar-refractivity contribution >= 4 is 39.6 Å². The topological polar surface area (TPSA) is 25.4 Å². The van der Waals surface area contributed by atoms with Crippen molar-refractivity contribution in [2.75, 3.05) is 31.2 Å². The van der Waals surface area contributed by atoms with Crippen LogP contribution in [0.25, 0.3) is 32.6 Å². The van der Waals surface area contributed by atoms with E-state index in [0.29, 0.717) is 0 Å². The number of thiophene rings is 1. The minimum Gasteiger partial charge on any atom is -0.378 e. The van der Waals surface area contributed by atoms with E-state index in [9.17, 15) is 0 Å². The summed E-state index contributed by atoms with van der Waals surface area (Å²) in [5.41, 5.74) is 7.68. The van der Waals surface area contributed by atoms with Gasteiger partial charge in [-0.2, -0.15) is 0 Å². The molecule has 2 aromatic heterocycles. The quantitative estimate of drug-likeness (QED) is 0.336. The molecule has 2 aromatic carbocycles. The van der Waals surface area contributed by atoms with Gasteiger partial charge in [0.1, 0.15) is 4.83 Å². The highest BCUT2D eigenvalue weighted by Crippen LogP contribution is 2.42. The van der Waals surface area contributed by atoms with E-state index in [4.69, 9.17) is 9.72 Å². The fourth-order valence-corrected chi connectivity index (χ4v) is 6.20. The molecule has 0 radical (unpaired) electrons. The standard InChI is InChI=1S/C27H26N2OS.ClH/c1-2-6-19(7-3-1)23-18-24(28-27-26(23)22-8-4-5-9-25(22)31-27)20-10-12-21(13-11-20)29-14-16-30-17-15-29;/h1-3,6-7,10-13,18H,4-5,8-9,14-17H2;1H. The third-order valence-electron chi connectivity index (χ3n) is 6.55. The van der Waals surface area contributed by atoms with E-state index < -0.39 is 0 Å². The van der Waals surface area contributed by atoms with Crippen molar-refractivity contribution in [3.8, 4) is 22.4 Å². The van der Waals surface area contributed by atoms with Crippen LogP contribution in [0.4, 0.5) is 5.69 Å². The highest BCUT2D eigenvalue weighted by atomic mass is 35.5. The molecule has 2 aliphatic rings. The smallest absolute Gasteiger partial charge is 0.125 e. The molecule has 4 aromatic rings. The molecule has 3 nitrogen and oxygen atoms in total. The van der Waals surface area contributed by atoms with Crippen molar-refractivity contribution < 1.29 is 4.74 Å². The van der Waals surface area contributed by atoms with E-state index in [1.54, 1.807) is 10.4 Å². The number of hydrogen-bond acceptors (Lipinski definition) is 4. The molecule has 5 heteroatoms. The van der Waals surface area contributed by atoms with Gasteiger partial charge in [0.25, 0.3) is 0 Å². The molecule has 0 N–H and O–H groups in total. The number of anilines is 1. The molecule has 0 amide bonds. The zero-order valence-corrected chi connectivity index (χ0v) is 19.7. The molecule has 32 heavy (non-hydrogen) atoms. The van der Waals surface area contributed by atoms with Gasteiger partial charge >= 0.3 is 0 Å². The Balaban J connectivity index is 0.00000216.